The molecule has 88 valence electrons. The quantitative estimate of drug-likeness (QED) is 0.477. The van der Waals surface area contributed by atoms with E-state index in [1.807, 2.05) is 20.8 Å². The SMILES string of the molecule is CCO[P+]([B-]C(=O)OC)(OCC)OCC. The highest BCUT2D eigenvalue weighted by Gasteiger charge is 2.34. The van der Waals surface area contributed by atoms with Gasteiger partial charge in [0.2, 0.25) is 0 Å². The second-order valence-corrected chi connectivity index (χ2v) is 4.56. The van der Waals surface area contributed by atoms with Crippen LogP contribution < -0.4 is 0 Å². The van der Waals surface area contributed by atoms with Crippen molar-refractivity contribution in [1.82, 2.24) is 0 Å². The van der Waals surface area contributed by atoms with Gasteiger partial charge in [0.25, 0.3) is 0 Å². The smallest absolute Gasteiger partial charge is 0.182 e. The Hall–Kier alpha value is -0.155. The minimum absolute atomic E-state index is 0.418. The number of hydrogen-bond donors (Lipinski definition) is 0. The Labute approximate surface area is 92.2 Å². The highest BCUT2D eigenvalue weighted by atomic mass is 31.2. The Morgan fingerprint density at radius 3 is 1.73 bits per heavy atom. The normalized spacial score (nSPS) is 11.5. The van der Waals surface area contributed by atoms with E-state index < -0.39 is 13.7 Å². The molecule has 0 bridgehead atoms. The molecule has 0 aromatic heterocycles. The van der Waals surface area contributed by atoms with Gasteiger partial charge in [-0.25, -0.2) is 13.6 Å². The van der Waals surface area contributed by atoms with E-state index in [1.54, 1.807) is 0 Å². The summed E-state index contributed by atoms with van der Waals surface area (Å²) in [7, 11) is -1.37. The molecule has 5 nitrogen and oxygen atoms in total. The summed E-state index contributed by atoms with van der Waals surface area (Å²) in [4.78, 5) is 11.2. The lowest BCUT2D eigenvalue weighted by molar-refractivity contribution is 0.165. The Morgan fingerprint density at radius 1 is 1.07 bits per heavy atom. The fourth-order valence-electron chi connectivity index (χ4n) is 0.945. The average Bonchev–Trinajstić information content (AvgIpc) is 2.18. The van der Waals surface area contributed by atoms with Gasteiger partial charge in [-0.1, -0.05) is 0 Å². The molecule has 0 aliphatic carbocycles. The fourth-order valence-corrected chi connectivity index (χ4v) is 2.84. The van der Waals surface area contributed by atoms with Gasteiger partial charge in [-0.15, -0.1) is 0 Å². The summed E-state index contributed by atoms with van der Waals surface area (Å²) < 4.78 is 20.7. The molecule has 0 amide bonds. The standard InChI is InChI=1S/C8H18BO5P/c1-5-12-15(13-6-2,14-7-3)9-8(10)11-4/h5-7H2,1-4H3. The second-order valence-electron chi connectivity index (χ2n) is 2.45. The van der Waals surface area contributed by atoms with Crippen LogP contribution in [-0.4, -0.2) is 39.8 Å². The van der Waals surface area contributed by atoms with Crippen LogP contribution in [0.3, 0.4) is 0 Å². The number of carbonyl (C=O) groups is 1. The summed E-state index contributed by atoms with van der Waals surface area (Å²) >= 11 is 0. The summed E-state index contributed by atoms with van der Waals surface area (Å²) in [5.74, 6) is -0.501. The van der Waals surface area contributed by atoms with Crippen LogP contribution >= 0.6 is 7.82 Å². The summed E-state index contributed by atoms with van der Waals surface area (Å²) in [6.07, 6.45) is 0. The van der Waals surface area contributed by atoms with Gasteiger partial charge in [0, 0.05) is 0 Å². The zero-order valence-electron chi connectivity index (χ0n) is 9.69. The topological polar surface area (TPSA) is 54.0 Å². The van der Waals surface area contributed by atoms with Gasteiger partial charge in [-0.05, 0) is 20.8 Å². The van der Waals surface area contributed by atoms with Crippen LogP contribution in [0.15, 0.2) is 0 Å². The number of carbonyl (C=O) groups excluding carboxylic acids is 1. The number of ether oxygens (including phenoxy) is 1. The highest BCUT2D eigenvalue weighted by molar-refractivity contribution is 7.93. The van der Waals surface area contributed by atoms with Crippen molar-refractivity contribution >= 4 is 20.7 Å². The van der Waals surface area contributed by atoms with Crippen molar-refractivity contribution < 1.29 is 23.1 Å². The molecule has 15 heavy (non-hydrogen) atoms. The van der Waals surface area contributed by atoms with E-state index in [-0.39, 0.29) is 0 Å². The highest BCUT2D eigenvalue weighted by Crippen LogP contribution is 2.60. The predicted molar refractivity (Wildman–Crippen MR) is 60.0 cm³/mol. The van der Waals surface area contributed by atoms with E-state index in [2.05, 4.69) is 4.74 Å². The van der Waals surface area contributed by atoms with Crippen LogP contribution in [0.5, 0.6) is 0 Å². The second kappa shape index (κ2) is 8.05. The molecule has 0 aliphatic heterocycles. The first-order valence-corrected chi connectivity index (χ1v) is 6.51. The molecule has 0 saturated heterocycles. The van der Waals surface area contributed by atoms with Crippen molar-refractivity contribution in [3.63, 3.8) is 0 Å². The average molecular weight is 236 g/mol. The van der Waals surface area contributed by atoms with Gasteiger partial charge in [0.15, 0.2) is 14.8 Å². The van der Waals surface area contributed by atoms with E-state index in [1.165, 1.54) is 14.1 Å². The molecule has 0 aromatic carbocycles. The van der Waals surface area contributed by atoms with E-state index in [4.69, 9.17) is 13.6 Å². The van der Waals surface area contributed by atoms with Crippen LogP contribution in [0.25, 0.3) is 0 Å². The minimum Gasteiger partial charge on any atom is -0.505 e. The largest absolute Gasteiger partial charge is 0.505 e. The first-order chi connectivity index (χ1) is 7.14. The first-order valence-electron chi connectivity index (χ1n) is 4.90. The molecule has 0 heterocycles. The molecule has 2 radical (unpaired) electrons. The maximum Gasteiger partial charge on any atom is 0.182 e. The van der Waals surface area contributed by atoms with Crippen LogP contribution in [0.1, 0.15) is 20.8 Å². The monoisotopic (exact) mass is 236 g/mol. The van der Waals surface area contributed by atoms with Crippen LogP contribution in [0.2, 0.25) is 0 Å². The molecule has 0 rings (SSSR count). The molecular weight excluding hydrogens is 218 g/mol. The van der Waals surface area contributed by atoms with Gasteiger partial charge in [0.1, 0.15) is 5.87 Å². The number of rotatable bonds is 8. The molecule has 0 saturated carbocycles. The maximum atomic E-state index is 11.2. The van der Waals surface area contributed by atoms with E-state index >= 15 is 0 Å². The lowest BCUT2D eigenvalue weighted by Gasteiger charge is -2.30. The Bertz CT molecular complexity index is 173. The lowest BCUT2D eigenvalue weighted by Crippen LogP contribution is -2.20. The zero-order valence-corrected chi connectivity index (χ0v) is 10.6. The van der Waals surface area contributed by atoms with Crippen molar-refractivity contribution in [3.05, 3.63) is 0 Å². The summed E-state index contributed by atoms with van der Waals surface area (Å²) in [5.41, 5.74) is 0. The van der Waals surface area contributed by atoms with Crippen LogP contribution in [-0.2, 0) is 18.3 Å². The van der Waals surface area contributed by atoms with Gasteiger partial charge in [-0.2, -0.15) is 0 Å². The predicted octanol–water partition coefficient (Wildman–Crippen LogP) is 2.24. The third kappa shape index (κ3) is 5.47. The van der Waals surface area contributed by atoms with Crippen LogP contribution in [0, 0.1) is 0 Å². The molecule has 0 aromatic rings. The molecule has 0 N–H and O–H groups in total. The third-order valence-electron chi connectivity index (χ3n) is 1.39. The van der Waals surface area contributed by atoms with Crippen molar-refractivity contribution in [1.29, 1.82) is 0 Å². The maximum absolute atomic E-state index is 11.2. The molecule has 7 heteroatoms. The third-order valence-corrected chi connectivity index (χ3v) is 3.77. The minimum atomic E-state index is -2.67. The fraction of sp³-hybridized carbons (Fsp3) is 0.875. The molecule has 0 aliphatic rings. The Balaban J connectivity index is 4.51. The molecule has 0 fully saturated rings. The van der Waals surface area contributed by atoms with E-state index in [0.717, 1.165) is 0 Å². The Kier molecular flexibility index (Phi) is 7.97. The molecular formula is C8H18BO5P. The van der Waals surface area contributed by atoms with Crippen molar-refractivity contribution in [2.45, 2.75) is 20.8 Å². The van der Waals surface area contributed by atoms with Gasteiger partial charge >= 0.3 is 0 Å². The number of methoxy groups -OCH3 is 1. The van der Waals surface area contributed by atoms with Gasteiger partial charge < -0.3 is 9.53 Å². The summed E-state index contributed by atoms with van der Waals surface area (Å²) in [6, 6.07) is 0. The van der Waals surface area contributed by atoms with Gasteiger partial charge in [0.05, 0.1) is 26.9 Å². The van der Waals surface area contributed by atoms with Gasteiger partial charge in [-0.3, -0.25) is 0 Å². The molecule has 0 atom stereocenters. The zero-order chi connectivity index (χ0) is 11.7. The van der Waals surface area contributed by atoms with Crippen molar-refractivity contribution in [3.8, 4) is 0 Å². The van der Waals surface area contributed by atoms with E-state index in [0.29, 0.717) is 19.8 Å². The molecule has 0 spiro atoms. The van der Waals surface area contributed by atoms with Crippen LogP contribution in [0.4, 0.5) is 4.79 Å². The molecule has 0 unspecified atom stereocenters. The summed E-state index contributed by atoms with van der Waals surface area (Å²) in [5, 5.41) is 0. The first kappa shape index (κ1) is 14.8. The Morgan fingerprint density at radius 2 is 1.47 bits per heavy atom. The lowest BCUT2D eigenvalue weighted by atomic mass is 10.1. The van der Waals surface area contributed by atoms with E-state index in [9.17, 15) is 4.79 Å². The number of hydrogen-bond acceptors (Lipinski definition) is 5. The summed E-state index contributed by atoms with van der Waals surface area (Å²) in [6.45, 7) is 7.96. The van der Waals surface area contributed by atoms with Crippen molar-refractivity contribution in [2.75, 3.05) is 26.9 Å². The van der Waals surface area contributed by atoms with Crippen molar-refractivity contribution in [2.24, 2.45) is 0 Å².